The molecule has 76 valence electrons. The minimum atomic E-state index is 0.271. The van der Waals surface area contributed by atoms with Gasteiger partial charge in [-0.05, 0) is 31.2 Å². The van der Waals surface area contributed by atoms with E-state index in [-0.39, 0.29) is 5.02 Å². The van der Waals surface area contributed by atoms with Crippen molar-refractivity contribution in [3.63, 3.8) is 0 Å². The molecule has 2 nitrogen and oxygen atoms in total. The first-order valence-corrected chi connectivity index (χ1v) is 5.85. The monoisotopic (exact) mass is 236 g/mol. The Balaban J connectivity index is 3.77. The van der Waals surface area contributed by atoms with Crippen molar-refractivity contribution in [2.75, 3.05) is 6.26 Å². The SMILES string of the molecule is CSc1c(C)c(C)c(C#N)c(Cl)c1C#N. The van der Waals surface area contributed by atoms with Crippen molar-refractivity contribution < 1.29 is 0 Å². The van der Waals surface area contributed by atoms with Gasteiger partial charge in [0, 0.05) is 4.90 Å². The Bertz CT molecular complexity index is 491. The summed E-state index contributed by atoms with van der Waals surface area (Å²) in [5.41, 5.74) is 2.62. The largest absolute Gasteiger partial charge is 0.192 e. The van der Waals surface area contributed by atoms with Gasteiger partial charge >= 0.3 is 0 Å². The fourth-order valence-corrected chi connectivity index (χ4v) is 2.61. The van der Waals surface area contributed by atoms with E-state index in [0.29, 0.717) is 11.1 Å². The molecule has 1 aromatic rings. The lowest BCUT2D eigenvalue weighted by Crippen LogP contribution is -1.96. The van der Waals surface area contributed by atoms with E-state index < -0.39 is 0 Å². The second-order valence-electron chi connectivity index (χ2n) is 3.07. The van der Waals surface area contributed by atoms with Crippen LogP contribution < -0.4 is 0 Å². The first-order chi connectivity index (χ1) is 7.08. The fraction of sp³-hybridized carbons (Fsp3) is 0.273. The van der Waals surface area contributed by atoms with Crippen LogP contribution in [0.4, 0.5) is 0 Å². The third kappa shape index (κ3) is 1.81. The average Bonchev–Trinajstić information content (AvgIpc) is 2.23. The zero-order chi connectivity index (χ0) is 11.6. The van der Waals surface area contributed by atoms with Crippen LogP contribution in [0.3, 0.4) is 0 Å². The van der Waals surface area contributed by atoms with Crippen molar-refractivity contribution in [1.82, 2.24) is 0 Å². The maximum Gasteiger partial charge on any atom is 0.102 e. The molecule has 0 saturated carbocycles. The van der Waals surface area contributed by atoms with Crippen LogP contribution in [0, 0.1) is 36.5 Å². The van der Waals surface area contributed by atoms with Crippen LogP contribution >= 0.6 is 23.4 Å². The van der Waals surface area contributed by atoms with Gasteiger partial charge in [-0.3, -0.25) is 0 Å². The maximum absolute atomic E-state index is 9.01. The molecule has 0 unspecified atom stereocenters. The Morgan fingerprint density at radius 3 is 2.00 bits per heavy atom. The minimum Gasteiger partial charge on any atom is -0.192 e. The number of thioether (sulfide) groups is 1. The van der Waals surface area contributed by atoms with E-state index in [0.717, 1.165) is 16.0 Å². The van der Waals surface area contributed by atoms with Gasteiger partial charge in [-0.15, -0.1) is 11.8 Å². The summed E-state index contributed by atoms with van der Waals surface area (Å²) in [6.07, 6.45) is 1.89. The molecule has 0 aliphatic rings. The maximum atomic E-state index is 9.01. The topological polar surface area (TPSA) is 47.6 Å². The van der Waals surface area contributed by atoms with E-state index in [2.05, 4.69) is 6.07 Å². The summed E-state index contributed by atoms with van der Waals surface area (Å²) in [5, 5.41) is 18.2. The number of nitrogens with zero attached hydrogens (tertiary/aromatic N) is 2. The molecule has 0 atom stereocenters. The highest BCUT2D eigenvalue weighted by molar-refractivity contribution is 7.98. The Hall–Kier alpha value is -1.16. The van der Waals surface area contributed by atoms with E-state index in [1.165, 1.54) is 11.8 Å². The molecule has 0 heterocycles. The number of hydrogen-bond donors (Lipinski definition) is 0. The fourth-order valence-electron chi connectivity index (χ4n) is 1.42. The Morgan fingerprint density at radius 2 is 1.60 bits per heavy atom. The molecule has 1 aromatic carbocycles. The average molecular weight is 237 g/mol. The molecule has 0 N–H and O–H groups in total. The van der Waals surface area contributed by atoms with Crippen molar-refractivity contribution in [1.29, 1.82) is 10.5 Å². The third-order valence-electron chi connectivity index (χ3n) is 2.37. The number of benzene rings is 1. The molecule has 4 heteroatoms. The van der Waals surface area contributed by atoms with Crippen molar-refractivity contribution in [3.8, 4) is 12.1 Å². The van der Waals surface area contributed by atoms with Gasteiger partial charge in [0.05, 0.1) is 16.1 Å². The summed E-state index contributed by atoms with van der Waals surface area (Å²) in [5.74, 6) is 0. The summed E-state index contributed by atoms with van der Waals surface area (Å²) in [6.45, 7) is 3.75. The molecule has 0 fully saturated rings. The van der Waals surface area contributed by atoms with Gasteiger partial charge in [-0.1, -0.05) is 11.6 Å². The van der Waals surface area contributed by atoms with E-state index in [9.17, 15) is 0 Å². The quantitative estimate of drug-likeness (QED) is 0.702. The lowest BCUT2D eigenvalue weighted by Gasteiger charge is -2.12. The van der Waals surface area contributed by atoms with E-state index in [4.69, 9.17) is 22.1 Å². The highest BCUT2D eigenvalue weighted by Gasteiger charge is 2.17. The molecule has 0 aromatic heterocycles. The lowest BCUT2D eigenvalue weighted by molar-refractivity contribution is 1.19. The normalized spacial score (nSPS) is 9.47. The standard InChI is InChI=1S/C11H9ClN2S/c1-6-7(2)11(15-3)9(5-14)10(12)8(6)4-13/h1-3H3. The van der Waals surface area contributed by atoms with Crippen LogP contribution in [0.5, 0.6) is 0 Å². The Kier molecular flexibility index (Phi) is 3.63. The summed E-state index contributed by atoms with van der Waals surface area (Å²) in [7, 11) is 0. The first-order valence-electron chi connectivity index (χ1n) is 4.25. The highest BCUT2D eigenvalue weighted by atomic mass is 35.5. The lowest BCUT2D eigenvalue weighted by atomic mass is 10.0. The van der Waals surface area contributed by atoms with Gasteiger partial charge < -0.3 is 0 Å². The smallest absolute Gasteiger partial charge is 0.102 e. The van der Waals surface area contributed by atoms with Gasteiger partial charge in [0.1, 0.15) is 12.1 Å². The van der Waals surface area contributed by atoms with Crippen molar-refractivity contribution >= 4 is 23.4 Å². The molecule has 15 heavy (non-hydrogen) atoms. The Morgan fingerprint density at radius 1 is 1.07 bits per heavy atom. The molecule has 0 aliphatic heterocycles. The van der Waals surface area contributed by atoms with Crippen LogP contribution in [0.25, 0.3) is 0 Å². The highest BCUT2D eigenvalue weighted by Crippen LogP contribution is 2.35. The number of nitriles is 2. The van der Waals surface area contributed by atoms with Crippen molar-refractivity contribution in [2.45, 2.75) is 18.7 Å². The predicted octanol–water partition coefficient (Wildman–Crippen LogP) is 3.42. The number of rotatable bonds is 1. The zero-order valence-corrected chi connectivity index (χ0v) is 10.3. The van der Waals surface area contributed by atoms with Gasteiger partial charge in [-0.25, -0.2) is 0 Å². The van der Waals surface area contributed by atoms with E-state index in [1.807, 2.05) is 26.2 Å². The molecule has 0 aliphatic carbocycles. The molecule has 1 rings (SSSR count). The van der Waals surface area contributed by atoms with Crippen LogP contribution in [-0.4, -0.2) is 6.26 Å². The van der Waals surface area contributed by atoms with Crippen molar-refractivity contribution in [3.05, 3.63) is 27.3 Å². The molecule has 0 spiro atoms. The predicted molar refractivity (Wildman–Crippen MR) is 62.1 cm³/mol. The van der Waals surface area contributed by atoms with Crippen LogP contribution in [0.1, 0.15) is 22.3 Å². The zero-order valence-electron chi connectivity index (χ0n) is 8.68. The van der Waals surface area contributed by atoms with E-state index in [1.54, 1.807) is 0 Å². The Labute approximate surface area is 98.5 Å². The molecular weight excluding hydrogens is 228 g/mol. The van der Waals surface area contributed by atoms with Gasteiger partial charge in [0.15, 0.2) is 0 Å². The van der Waals surface area contributed by atoms with Crippen LogP contribution in [0.15, 0.2) is 4.90 Å². The summed E-state index contributed by atoms with van der Waals surface area (Å²) in [6, 6.07) is 4.09. The third-order valence-corrected chi connectivity index (χ3v) is 3.67. The van der Waals surface area contributed by atoms with Crippen LogP contribution in [0.2, 0.25) is 5.02 Å². The van der Waals surface area contributed by atoms with Gasteiger partial charge in [0.2, 0.25) is 0 Å². The summed E-state index contributed by atoms with van der Waals surface area (Å²) in [4.78, 5) is 0.860. The van der Waals surface area contributed by atoms with E-state index >= 15 is 0 Å². The second-order valence-corrected chi connectivity index (χ2v) is 4.27. The first kappa shape index (κ1) is 11.9. The molecule has 0 radical (unpaired) electrons. The molecular formula is C11H9ClN2S. The summed E-state index contributed by atoms with van der Waals surface area (Å²) >= 11 is 7.49. The van der Waals surface area contributed by atoms with Crippen molar-refractivity contribution in [2.24, 2.45) is 0 Å². The van der Waals surface area contributed by atoms with Gasteiger partial charge in [-0.2, -0.15) is 10.5 Å². The van der Waals surface area contributed by atoms with Gasteiger partial charge in [0.25, 0.3) is 0 Å². The minimum absolute atomic E-state index is 0.271. The number of hydrogen-bond acceptors (Lipinski definition) is 3. The molecule has 0 amide bonds. The molecule has 0 bridgehead atoms. The van der Waals surface area contributed by atoms with Crippen LogP contribution in [-0.2, 0) is 0 Å². The second kappa shape index (κ2) is 4.57. The number of halogens is 1. The summed E-state index contributed by atoms with van der Waals surface area (Å²) < 4.78 is 0. The molecule has 0 saturated heterocycles.